The van der Waals surface area contributed by atoms with Crippen LogP contribution in [0.2, 0.25) is 0 Å². The third-order valence-corrected chi connectivity index (χ3v) is 2.06. The first-order valence-electron chi connectivity index (χ1n) is 3.92. The highest BCUT2D eigenvalue weighted by atomic mass is 127. The van der Waals surface area contributed by atoms with Crippen LogP contribution in [0.4, 0.5) is 5.95 Å². The van der Waals surface area contributed by atoms with Crippen molar-refractivity contribution in [3.05, 3.63) is 16.0 Å². The van der Waals surface area contributed by atoms with Crippen molar-refractivity contribution in [1.82, 2.24) is 9.97 Å². The number of aromatic nitrogens is 2. The zero-order chi connectivity index (χ0) is 8.97. The molecule has 0 radical (unpaired) electrons. The van der Waals surface area contributed by atoms with Gasteiger partial charge in [-0.15, -0.1) is 0 Å². The second-order valence-electron chi connectivity index (χ2n) is 2.62. The van der Waals surface area contributed by atoms with Crippen molar-refractivity contribution in [2.75, 3.05) is 18.5 Å². The largest absolute Gasteiger partial charge is 0.344 e. The summed E-state index contributed by atoms with van der Waals surface area (Å²) in [6.07, 6.45) is 4.77. The van der Waals surface area contributed by atoms with E-state index in [0.29, 0.717) is 0 Å². The maximum Gasteiger partial charge on any atom is 0.225 e. The van der Waals surface area contributed by atoms with E-state index in [9.17, 15) is 0 Å². The van der Waals surface area contributed by atoms with Crippen molar-refractivity contribution in [2.45, 2.75) is 13.3 Å². The molecule has 66 valence electrons. The predicted octanol–water partition coefficient (Wildman–Crippen LogP) is 1.93. The molecule has 0 aliphatic rings. The van der Waals surface area contributed by atoms with Crippen LogP contribution in [0.5, 0.6) is 0 Å². The van der Waals surface area contributed by atoms with E-state index >= 15 is 0 Å². The summed E-state index contributed by atoms with van der Waals surface area (Å²) >= 11 is 2.20. The topological polar surface area (TPSA) is 29.0 Å². The standard InChI is InChI=1S/C8H12IN3/c1-3-4-12(2)8-10-5-7(9)6-11-8/h5-6H,3-4H2,1-2H3. The van der Waals surface area contributed by atoms with Gasteiger partial charge < -0.3 is 4.90 Å². The van der Waals surface area contributed by atoms with Crippen molar-refractivity contribution in [3.8, 4) is 0 Å². The van der Waals surface area contributed by atoms with Crippen molar-refractivity contribution < 1.29 is 0 Å². The molecule has 1 aromatic heterocycles. The molecular formula is C8H12IN3. The van der Waals surface area contributed by atoms with Gasteiger partial charge in [-0.2, -0.15) is 0 Å². The Hall–Kier alpha value is -0.390. The molecule has 0 fully saturated rings. The van der Waals surface area contributed by atoms with Gasteiger partial charge in [0.2, 0.25) is 5.95 Å². The van der Waals surface area contributed by atoms with Crippen LogP contribution in [-0.4, -0.2) is 23.6 Å². The number of hydrogen-bond donors (Lipinski definition) is 0. The number of halogens is 1. The molecule has 12 heavy (non-hydrogen) atoms. The molecule has 1 aromatic rings. The van der Waals surface area contributed by atoms with Crippen LogP contribution in [0.3, 0.4) is 0 Å². The fourth-order valence-corrected chi connectivity index (χ4v) is 1.22. The zero-order valence-corrected chi connectivity index (χ0v) is 9.45. The molecule has 0 aliphatic carbocycles. The monoisotopic (exact) mass is 277 g/mol. The van der Waals surface area contributed by atoms with E-state index in [4.69, 9.17) is 0 Å². The van der Waals surface area contributed by atoms with Gasteiger partial charge in [-0.3, -0.25) is 0 Å². The molecule has 0 saturated carbocycles. The molecule has 0 bridgehead atoms. The summed E-state index contributed by atoms with van der Waals surface area (Å²) in [6.45, 7) is 3.14. The lowest BCUT2D eigenvalue weighted by atomic mass is 10.4. The maximum atomic E-state index is 4.20. The van der Waals surface area contributed by atoms with Crippen molar-refractivity contribution in [1.29, 1.82) is 0 Å². The van der Waals surface area contributed by atoms with E-state index in [0.717, 1.165) is 22.5 Å². The summed E-state index contributed by atoms with van der Waals surface area (Å²) in [5.74, 6) is 0.803. The number of nitrogens with zero attached hydrogens (tertiary/aromatic N) is 3. The lowest BCUT2D eigenvalue weighted by Gasteiger charge is -2.14. The van der Waals surface area contributed by atoms with E-state index in [1.165, 1.54) is 0 Å². The SMILES string of the molecule is CCCN(C)c1ncc(I)cn1. The predicted molar refractivity (Wildman–Crippen MR) is 58.3 cm³/mol. The Balaban J connectivity index is 2.68. The summed E-state index contributed by atoms with van der Waals surface area (Å²) in [5.41, 5.74) is 0. The summed E-state index contributed by atoms with van der Waals surface area (Å²) in [7, 11) is 2.01. The van der Waals surface area contributed by atoms with Crippen molar-refractivity contribution in [2.24, 2.45) is 0 Å². The van der Waals surface area contributed by atoms with Gasteiger partial charge in [0.25, 0.3) is 0 Å². The highest BCUT2D eigenvalue weighted by molar-refractivity contribution is 14.1. The minimum Gasteiger partial charge on any atom is -0.344 e. The molecule has 1 heterocycles. The summed E-state index contributed by atoms with van der Waals surface area (Å²) in [6, 6.07) is 0. The van der Waals surface area contributed by atoms with Gasteiger partial charge in [0.15, 0.2) is 0 Å². The van der Waals surface area contributed by atoms with E-state index in [-0.39, 0.29) is 0 Å². The second-order valence-corrected chi connectivity index (χ2v) is 3.87. The van der Waals surface area contributed by atoms with Gasteiger partial charge in [-0.25, -0.2) is 9.97 Å². The highest BCUT2D eigenvalue weighted by Gasteiger charge is 2.00. The summed E-state index contributed by atoms with van der Waals surface area (Å²) < 4.78 is 1.07. The lowest BCUT2D eigenvalue weighted by molar-refractivity contribution is 0.817. The van der Waals surface area contributed by atoms with Crippen LogP contribution >= 0.6 is 22.6 Å². The Labute approximate surface area is 86.4 Å². The Kier molecular flexibility index (Phi) is 3.71. The third-order valence-electron chi connectivity index (χ3n) is 1.51. The molecule has 0 atom stereocenters. The average Bonchev–Trinajstić information content (AvgIpc) is 2.06. The smallest absolute Gasteiger partial charge is 0.225 e. The highest BCUT2D eigenvalue weighted by Crippen LogP contribution is 2.06. The molecule has 0 spiro atoms. The number of anilines is 1. The van der Waals surface area contributed by atoms with E-state index in [1.54, 1.807) is 0 Å². The van der Waals surface area contributed by atoms with Crippen molar-refractivity contribution >= 4 is 28.5 Å². The fraction of sp³-hybridized carbons (Fsp3) is 0.500. The van der Waals surface area contributed by atoms with Gasteiger partial charge in [0.1, 0.15) is 0 Å². The first-order valence-corrected chi connectivity index (χ1v) is 5.00. The van der Waals surface area contributed by atoms with Gasteiger partial charge in [0.05, 0.1) is 0 Å². The minimum absolute atomic E-state index is 0.803. The van der Waals surface area contributed by atoms with Crippen LogP contribution in [0, 0.1) is 3.57 Å². The molecule has 3 nitrogen and oxygen atoms in total. The lowest BCUT2D eigenvalue weighted by Crippen LogP contribution is -2.20. The van der Waals surface area contributed by atoms with E-state index in [1.807, 2.05) is 19.4 Å². The molecule has 0 aliphatic heterocycles. The van der Waals surface area contributed by atoms with Crippen LogP contribution in [0.15, 0.2) is 12.4 Å². The molecule has 1 rings (SSSR count). The number of rotatable bonds is 3. The summed E-state index contributed by atoms with van der Waals surface area (Å²) in [4.78, 5) is 10.5. The van der Waals surface area contributed by atoms with Crippen LogP contribution in [0.1, 0.15) is 13.3 Å². The summed E-state index contributed by atoms with van der Waals surface area (Å²) in [5, 5.41) is 0. The number of hydrogen-bond acceptors (Lipinski definition) is 3. The normalized spacial score (nSPS) is 9.92. The Morgan fingerprint density at radius 1 is 1.42 bits per heavy atom. The van der Waals surface area contributed by atoms with E-state index in [2.05, 4.69) is 44.4 Å². The van der Waals surface area contributed by atoms with Gasteiger partial charge in [0, 0.05) is 29.6 Å². The van der Waals surface area contributed by atoms with E-state index < -0.39 is 0 Å². The van der Waals surface area contributed by atoms with Gasteiger partial charge in [-0.05, 0) is 29.0 Å². The molecule has 0 N–H and O–H groups in total. The second kappa shape index (κ2) is 4.59. The average molecular weight is 277 g/mol. The zero-order valence-electron chi connectivity index (χ0n) is 7.29. The maximum absolute atomic E-state index is 4.20. The van der Waals surface area contributed by atoms with Gasteiger partial charge >= 0.3 is 0 Å². The molecule has 0 aromatic carbocycles. The first-order chi connectivity index (χ1) is 5.74. The quantitative estimate of drug-likeness (QED) is 0.790. The van der Waals surface area contributed by atoms with Gasteiger partial charge in [-0.1, -0.05) is 6.92 Å². The first kappa shape index (κ1) is 9.70. The Morgan fingerprint density at radius 2 is 2.00 bits per heavy atom. The molecule has 0 unspecified atom stereocenters. The van der Waals surface area contributed by atoms with Crippen LogP contribution in [-0.2, 0) is 0 Å². The van der Waals surface area contributed by atoms with Crippen molar-refractivity contribution in [3.63, 3.8) is 0 Å². The Bertz CT molecular complexity index is 235. The Morgan fingerprint density at radius 3 is 2.50 bits per heavy atom. The molecule has 0 amide bonds. The molecular weight excluding hydrogens is 265 g/mol. The fourth-order valence-electron chi connectivity index (χ4n) is 0.938. The third kappa shape index (κ3) is 2.58. The molecule has 0 saturated heterocycles. The molecule has 4 heteroatoms. The van der Waals surface area contributed by atoms with Crippen LogP contribution in [0.25, 0.3) is 0 Å². The minimum atomic E-state index is 0.803. The van der Waals surface area contributed by atoms with Crippen LogP contribution < -0.4 is 4.90 Å².